The monoisotopic (exact) mass is 350 g/mol. The van der Waals surface area contributed by atoms with E-state index in [-0.39, 0.29) is 11.7 Å². The number of hydrogen-bond acceptors (Lipinski definition) is 6. The van der Waals surface area contributed by atoms with Gasteiger partial charge in [-0.3, -0.25) is 4.79 Å². The highest BCUT2D eigenvalue weighted by Gasteiger charge is 2.22. The van der Waals surface area contributed by atoms with E-state index < -0.39 is 5.97 Å². The molecule has 7 heteroatoms. The standard InChI is InChI=1S/C16H18N2O3S2/c1-4-11-10(2)23-15(14(11)16(20)21-3)18-12(19)9-22-13-7-5-6-8-17-13/h5-8H,4,9H2,1-3H3,(H,18,19). The van der Waals surface area contributed by atoms with Gasteiger partial charge in [-0.2, -0.15) is 0 Å². The normalized spacial score (nSPS) is 10.4. The Balaban J connectivity index is 2.10. The molecule has 0 radical (unpaired) electrons. The van der Waals surface area contributed by atoms with Crippen LogP contribution >= 0.6 is 23.1 Å². The predicted octanol–water partition coefficient (Wildman–Crippen LogP) is 3.53. The third-order valence-corrected chi connectivity index (χ3v) is 5.20. The molecule has 2 aromatic rings. The van der Waals surface area contributed by atoms with Crippen molar-refractivity contribution in [1.29, 1.82) is 0 Å². The van der Waals surface area contributed by atoms with E-state index >= 15 is 0 Å². The summed E-state index contributed by atoms with van der Waals surface area (Å²) in [6.45, 7) is 3.91. The largest absolute Gasteiger partial charge is 0.465 e. The molecule has 0 unspecified atom stereocenters. The minimum atomic E-state index is -0.418. The number of aromatic nitrogens is 1. The summed E-state index contributed by atoms with van der Waals surface area (Å²) in [4.78, 5) is 29.3. The summed E-state index contributed by atoms with van der Waals surface area (Å²) in [5, 5.41) is 4.16. The molecule has 0 bridgehead atoms. The Morgan fingerprint density at radius 3 is 2.78 bits per heavy atom. The van der Waals surface area contributed by atoms with Crippen LogP contribution in [0.1, 0.15) is 27.7 Å². The number of anilines is 1. The molecular weight excluding hydrogens is 332 g/mol. The second kappa shape index (κ2) is 8.12. The van der Waals surface area contributed by atoms with Crippen molar-refractivity contribution in [2.24, 2.45) is 0 Å². The Hall–Kier alpha value is -1.86. The van der Waals surface area contributed by atoms with Crippen molar-refractivity contribution in [3.05, 3.63) is 40.4 Å². The van der Waals surface area contributed by atoms with Crippen molar-refractivity contribution in [1.82, 2.24) is 4.98 Å². The first kappa shape index (κ1) is 17.5. The predicted molar refractivity (Wildman–Crippen MR) is 93.4 cm³/mol. The fourth-order valence-electron chi connectivity index (χ4n) is 2.15. The van der Waals surface area contributed by atoms with E-state index in [4.69, 9.17) is 4.74 Å². The van der Waals surface area contributed by atoms with Crippen LogP contribution in [0.2, 0.25) is 0 Å². The lowest BCUT2D eigenvalue weighted by Crippen LogP contribution is -2.16. The van der Waals surface area contributed by atoms with Crippen molar-refractivity contribution < 1.29 is 14.3 Å². The summed E-state index contributed by atoms with van der Waals surface area (Å²) in [6.07, 6.45) is 2.40. The number of carbonyl (C=O) groups excluding carboxylic acids is 2. The minimum Gasteiger partial charge on any atom is -0.465 e. The maximum Gasteiger partial charge on any atom is 0.341 e. The lowest BCUT2D eigenvalue weighted by Gasteiger charge is -2.06. The smallest absolute Gasteiger partial charge is 0.341 e. The molecule has 0 spiro atoms. The second-order valence-corrected chi connectivity index (χ2v) is 6.91. The number of nitrogens with one attached hydrogen (secondary N) is 1. The third kappa shape index (κ3) is 4.33. The van der Waals surface area contributed by atoms with Gasteiger partial charge in [-0.1, -0.05) is 24.8 Å². The van der Waals surface area contributed by atoms with Crippen LogP contribution in [0.3, 0.4) is 0 Å². The number of esters is 1. The van der Waals surface area contributed by atoms with Gasteiger partial charge < -0.3 is 10.1 Å². The molecule has 0 aliphatic carbocycles. The molecule has 1 N–H and O–H groups in total. The molecule has 2 aromatic heterocycles. The summed E-state index contributed by atoms with van der Waals surface area (Å²) in [5.41, 5.74) is 1.39. The van der Waals surface area contributed by atoms with Crippen molar-refractivity contribution in [3.63, 3.8) is 0 Å². The van der Waals surface area contributed by atoms with Crippen molar-refractivity contribution in [2.75, 3.05) is 18.2 Å². The van der Waals surface area contributed by atoms with Gasteiger partial charge in [0.25, 0.3) is 0 Å². The first-order chi connectivity index (χ1) is 11.1. The molecule has 0 aliphatic heterocycles. The number of pyridine rings is 1. The van der Waals surface area contributed by atoms with E-state index in [2.05, 4.69) is 10.3 Å². The van der Waals surface area contributed by atoms with Crippen LogP contribution in [0.25, 0.3) is 0 Å². The number of thiophene rings is 1. The summed E-state index contributed by atoms with van der Waals surface area (Å²) in [6, 6.07) is 5.55. The molecule has 0 saturated heterocycles. The van der Waals surface area contributed by atoms with Crippen LogP contribution in [0, 0.1) is 6.92 Å². The summed E-state index contributed by atoms with van der Waals surface area (Å²) < 4.78 is 4.84. The van der Waals surface area contributed by atoms with E-state index in [1.807, 2.05) is 32.0 Å². The van der Waals surface area contributed by atoms with Crippen molar-refractivity contribution >= 4 is 40.0 Å². The number of ether oxygens (including phenoxy) is 1. The van der Waals surface area contributed by atoms with E-state index in [1.165, 1.54) is 30.2 Å². The maximum atomic E-state index is 12.2. The van der Waals surface area contributed by atoms with Crippen LogP contribution in [0.4, 0.5) is 5.00 Å². The molecule has 0 fully saturated rings. The average Bonchev–Trinajstić information content (AvgIpc) is 2.88. The molecule has 23 heavy (non-hydrogen) atoms. The fourth-order valence-corrected chi connectivity index (χ4v) is 3.96. The Morgan fingerprint density at radius 2 is 2.17 bits per heavy atom. The molecule has 122 valence electrons. The number of nitrogens with zero attached hydrogens (tertiary/aromatic N) is 1. The quantitative estimate of drug-likeness (QED) is 0.637. The number of carbonyl (C=O) groups is 2. The highest BCUT2D eigenvalue weighted by Crippen LogP contribution is 2.34. The number of amides is 1. The number of thioether (sulfide) groups is 1. The van der Waals surface area contributed by atoms with Gasteiger partial charge in [-0.15, -0.1) is 11.3 Å². The number of methoxy groups -OCH3 is 1. The SMILES string of the molecule is CCc1c(C)sc(NC(=O)CSc2ccccn2)c1C(=O)OC. The molecule has 0 aromatic carbocycles. The summed E-state index contributed by atoms with van der Waals surface area (Å²) >= 11 is 2.75. The van der Waals surface area contributed by atoms with Gasteiger partial charge in [-0.05, 0) is 31.0 Å². The van der Waals surface area contributed by atoms with Crippen LogP contribution in [-0.4, -0.2) is 29.7 Å². The Kier molecular flexibility index (Phi) is 6.18. The maximum absolute atomic E-state index is 12.2. The Morgan fingerprint density at radius 1 is 1.39 bits per heavy atom. The van der Waals surface area contributed by atoms with Gasteiger partial charge in [-0.25, -0.2) is 9.78 Å². The Labute approximate surface area is 143 Å². The zero-order valence-corrected chi connectivity index (χ0v) is 14.8. The zero-order valence-electron chi connectivity index (χ0n) is 13.2. The summed E-state index contributed by atoms with van der Waals surface area (Å²) in [7, 11) is 1.34. The van der Waals surface area contributed by atoms with Gasteiger partial charge in [0.15, 0.2) is 0 Å². The molecule has 0 atom stereocenters. The molecule has 0 saturated carbocycles. The van der Waals surface area contributed by atoms with Crippen LogP contribution in [0.15, 0.2) is 29.4 Å². The van der Waals surface area contributed by atoms with Gasteiger partial charge in [0.05, 0.1) is 23.5 Å². The number of hydrogen-bond donors (Lipinski definition) is 1. The van der Waals surface area contributed by atoms with Gasteiger partial charge in [0.2, 0.25) is 5.91 Å². The first-order valence-electron chi connectivity index (χ1n) is 7.11. The van der Waals surface area contributed by atoms with Crippen LogP contribution in [-0.2, 0) is 16.0 Å². The van der Waals surface area contributed by atoms with Crippen molar-refractivity contribution in [3.8, 4) is 0 Å². The van der Waals surface area contributed by atoms with Crippen molar-refractivity contribution in [2.45, 2.75) is 25.3 Å². The lowest BCUT2D eigenvalue weighted by molar-refractivity contribution is -0.113. The Bertz CT molecular complexity index is 699. The zero-order chi connectivity index (χ0) is 16.8. The molecule has 5 nitrogen and oxygen atoms in total. The average molecular weight is 350 g/mol. The van der Waals surface area contributed by atoms with Gasteiger partial charge in [0.1, 0.15) is 5.00 Å². The lowest BCUT2D eigenvalue weighted by atomic mass is 10.1. The number of rotatable bonds is 6. The summed E-state index contributed by atoms with van der Waals surface area (Å²) in [5.74, 6) is -0.357. The van der Waals surface area contributed by atoms with E-state index in [9.17, 15) is 9.59 Å². The van der Waals surface area contributed by atoms with Crippen LogP contribution < -0.4 is 5.32 Å². The van der Waals surface area contributed by atoms with Crippen LogP contribution in [0.5, 0.6) is 0 Å². The van der Waals surface area contributed by atoms with E-state index in [1.54, 1.807) is 6.20 Å². The molecule has 2 rings (SSSR count). The first-order valence-corrected chi connectivity index (χ1v) is 8.91. The van der Waals surface area contributed by atoms with Gasteiger partial charge >= 0.3 is 5.97 Å². The molecule has 1 amide bonds. The van der Waals surface area contributed by atoms with Gasteiger partial charge in [0, 0.05) is 11.1 Å². The highest BCUT2D eigenvalue weighted by atomic mass is 32.2. The van der Waals surface area contributed by atoms with E-state index in [0.29, 0.717) is 17.0 Å². The second-order valence-electron chi connectivity index (χ2n) is 4.69. The molecular formula is C16H18N2O3S2. The third-order valence-electron chi connectivity index (χ3n) is 3.19. The molecule has 2 heterocycles. The minimum absolute atomic E-state index is 0.172. The topological polar surface area (TPSA) is 68.3 Å². The fraction of sp³-hybridized carbons (Fsp3) is 0.312. The van der Waals surface area contributed by atoms with E-state index in [0.717, 1.165) is 15.5 Å². The molecule has 0 aliphatic rings. The number of aryl methyl sites for hydroxylation is 1. The highest BCUT2D eigenvalue weighted by molar-refractivity contribution is 7.99.